The first kappa shape index (κ1) is 12.8. The summed E-state index contributed by atoms with van der Waals surface area (Å²) >= 11 is 1.46. The summed E-state index contributed by atoms with van der Waals surface area (Å²) in [6, 6.07) is 4.06. The quantitative estimate of drug-likeness (QED) is 0.722. The molecule has 0 atom stereocenters. The van der Waals surface area contributed by atoms with Crippen LogP contribution in [0.5, 0.6) is 0 Å². The van der Waals surface area contributed by atoms with Crippen molar-refractivity contribution >= 4 is 34.3 Å². The van der Waals surface area contributed by atoms with Crippen molar-refractivity contribution in [2.75, 3.05) is 5.32 Å². The number of H-pyrrole nitrogens is 1. The van der Waals surface area contributed by atoms with Crippen LogP contribution in [0.3, 0.4) is 0 Å². The summed E-state index contributed by atoms with van der Waals surface area (Å²) in [5, 5.41) is 11.3. The maximum absolute atomic E-state index is 10.8. The Balaban J connectivity index is 2.20. The minimum Gasteiger partial charge on any atom is -0.382 e. The molecule has 102 valence electrons. The minimum absolute atomic E-state index is 0.291. The highest BCUT2D eigenvalue weighted by atomic mass is 32.1. The molecule has 0 saturated carbocycles. The lowest BCUT2D eigenvalue weighted by atomic mass is 10.1. The predicted molar refractivity (Wildman–Crippen MR) is 81.3 cm³/mol. The molecule has 0 aliphatic rings. The van der Waals surface area contributed by atoms with Crippen molar-refractivity contribution in [3.8, 4) is 10.4 Å². The molecular weight excluding hydrogens is 272 g/mol. The topological polar surface area (TPSA) is 70.7 Å². The van der Waals surface area contributed by atoms with Crippen LogP contribution in [-0.2, 0) is 0 Å². The van der Waals surface area contributed by atoms with E-state index in [-0.39, 0.29) is 0 Å². The highest BCUT2D eigenvalue weighted by Gasteiger charge is 2.14. The molecule has 6 heteroatoms. The number of carbonyl (C=O) groups is 1. The number of aldehydes is 1. The van der Waals surface area contributed by atoms with E-state index in [0.29, 0.717) is 10.9 Å². The lowest BCUT2D eigenvalue weighted by molar-refractivity contribution is 0.112. The average Bonchev–Trinajstić information content (AvgIpc) is 3.06. The van der Waals surface area contributed by atoms with Gasteiger partial charge in [-0.1, -0.05) is 0 Å². The molecule has 0 saturated heterocycles. The first-order chi connectivity index (χ1) is 9.69. The van der Waals surface area contributed by atoms with Gasteiger partial charge in [0.1, 0.15) is 0 Å². The number of pyridine rings is 1. The molecule has 0 fully saturated rings. The molecule has 0 aromatic carbocycles. The second kappa shape index (κ2) is 5.05. The van der Waals surface area contributed by atoms with Crippen molar-refractivity contribution in [2.45, 2.75) is 19.9 Å². The van der Waals surface area contributed by atoms with Crippen molar-refractivity contribution < 1.29 is 4.79 Å². The first-order valence-corrected chi connectivity index (χ1v) is 7.14. The molecule has 0 spiro atoms. The van der Waals surface area contributed by atoms with E-state index in [0.717, 1.165) is 33.4 Å². The van der Waals surface area contributed by atoms with Gasteiger partial charge in [0.05, 0.1) is 22.1 Å². The van der Waals surface area contributed by atoms with Crippen LogP contribution in [-0.4, -0.2) is 27.5 Å². The number of fused-ring (bicyclic) bond motifs is 1. The Hall–Kier alpha value is -2.21. The third-order valence-corrected chi connectivity index (χ3v) is 3.97. The van der Waals surface area contributed by atoms with Crippen LogP contribution >= 0.6 is 11.3 Å². The van der Waals surface area contributed by atoms with Gasteiger partial charge in [0.25, 0.3) is 0 Å². The van der Waals surface area contributed by atoms with Gasteiger partial charge in [-0.15, -0.1) is 11.3 Å². The molecule has 0 aliphatic heterocycles. The molecule has 3 aromatic rings. The van der Waals surface area contributed by atoms with Gasteiger partial charge >= 0.3 is 0 Å². The highest BCUT2D eigenvalue weighted by Crippen LogP contribution is 2.36. The van der Waals surface area contributed by atoms with Gasteiger partial charge in [-0.25, -0.2) is 4.98 Å². The van der Waals surface area contributed by atoms with Crippen LogP contribution in [0.2, 0.25) is 0 Å². The molecule has 0 unspecified atom stereocenters. The summed E-state index contributed by atoms with van der Waals surface area (Å²) in [6.07, 6.45) is 4.45. The Morgan fingerprint density at radius 2 is 2.20 bits per heavy atom. The number of nitrogens with zero attached hydrogens (tertiary/aromatic N) is 2. The zero-order chi connectivity index (χ0) is 14.1. The zero-order valence-electron chi connectivity index (χ0n) is 11.2. The number of nitrogens with one attached hydrogen (secondary N) is 2. The van der Waals surface area contributed by atoms with E-state index in [1.165, 1.54) is 11.3 Å². The molecular formula is C14H14N4OS. The predicted octanol–water partition coefficient (Wildman–Crippen LogP) is 3.32. The number of anilines is 1. The summed E-state index contributed by atoms with van der Waals surface area (Å²) in [6.45, 7) is 4.17. The Morgan fingerprint density at radius 3 is 2.90 bits per heavy atom. The molecule has 2 N–H and O–H groups in total. The fourth-order valence-electron chi connectivity index (χ4n) is 2.09. The smallest absolute Gasteiger partial charge is 0.160 e. The summed E-state index contributed by atoms with van der Waals surface area (Å²) in [5.41, 5.74) is 2.74. The SMILES string of the molecule is CC(C)Nc1c(-c2ccc(C=O)s2)cnc2[nH]ncc12. The van der Waals surface area contributed by atoms with Gasteiger partial charge in [-0.05, 0) is 26.0 Å². The van der Waals surface area contributed by atoms with E-state index >= 15 is 0 Å². The monoisotopic (exact) mass is 286 g/mol. The standard InChI is InChI=1S/C14H14N4OS/c1-8(2)17-13-10(12-4-3-9(7-19)20-12)5-15-14-11(13)6-16-18-14/h3-8H,1-2H3,(H2,15,16,17,18). The van der Waals surface area contributed by atoms with Crippen LogP contribution in [0.4, 0.5) is 5.69 Å². The Bertz CT molecular complexity index is 759. The summed E-state index contributed by atoms with van der Waals surface area (Å²) in [7, 11) is 0. The first-order valence-electron chi connectivity index (χ1n) is 6.33. The second-order valence-electron chi connectivity index (χ2n) is 4.80. The van der Waals surface area contributed by atoms with Gasteiger partial charge in [0.2, 0.25) is 0 Å². The number of hydrogen-bond acceptors (Lipinski definition) is 5. The largest absolute Gasteiger partial charge is 0.382 e. The number of aromatic amines is 1. The summed E-state index contributed by atoms with van der Waals surface area (Å²) in [4.78, 5) is 17.0. The number of thiophene rings is 1. The lowest BCUT2D eigenvalue weighted by Crippen LogP contribution is -2.11. The number of hydrogen-bond donors (Lipinski definition) is 2. The van der Waals surface area contributed by atoms with Gasteiger partial charge < -0.3 is 5.32 Å². The third kappa shape index (κ3) is 2.18. The number of carbonyl (C=O) groups excluding carboxylic acids is 1. The minimum atomic E-state index is 0.291. The summed E-state index contributed by atoms with van der Waals surface area (Å²) in [5.74, 6) is 0. The second-order valence-corrected chi connectivity index (χ2v) is 5.91. The molecule has 5 nitrogen and oxygen atoms in total. The molecule has 0 amide bonds. The Labute approximate surface area is 120 Å². The van der Waals surface area contributed by atoms with Crippen molar-refractivity contribution in [1.82, 2.24) is 15.2 Å². The average molecular weight is 286 g/mol. The van der Waals surface area contributed by atoms with Crippen molar-refractivity contribution in [1.29, 1.82) is 0 Å². The third-order valence-electron chi connectivity index (χ3n) is 2.92. The molecule has 0 radical (unpaired) electrons. The lowest BCUT2D eigenvalue weighted by Gasteiger charge is -2.14. The number of rotatable bonds is 4. The molecule has 3 rings (SSSR count). The van der Waals surface area contributed by atoms with Gasteiger partial charge in [0, 0.05) is 22.7 Å². The Morgan fingerprint density at radius 1 is 1.35 bits per heavy atom. The van der Waals surface area contributed by atoms with Crippen LogP contribution < -0.4 is 5.32 Å². The Kier molecular flexibility index (Phi) is 3.23. The van der Waals surface area contributed by atoms with Gasteiger partial charge in [-0.3, -0.25) is 9.89 Å². The van der Waals surface area contributed by atoms with E-state index < -0.39 is 0 Å². The molecule has 3 aromatic heterocycles. The van der Waals surface area contributed by atoms with Crippen molar-refractivity contribution in [2.24, 2.45) is 0 Å². The summed E-state index contributed by atoms with van der Waals surface area (Å²) < 4.78 is 0. The van der Waals surface area contributed by atoms with Crippen molar-refractivity contribution in [3.05, 3.63) is 29.4 Å². The van der Waals surface area contributed by atoms with Gasteiger partial charge in [-0.2, -0.15) is 5.10 Å². The normalized spacial score (nSPS) is 11.2. The van der Waals surface area contributed by atoms with E-state index in [1.807, 2.05) is 18.3 Å². The molecule has 20 heavy (non-hydrogen) atoms. The van der Waals surface area contributed by atoms with E-state index in [1.54, 1.807) is 6.20 Å². The fourth-order valence-corrected chi connectivity index (χ4v) is 2.93. The maximum Gasteiger partial charge on any atom is 0.160 e. The molecule has 0 aliphatic carbocycles. The molecule has 3 heterocycles. The number of aromatic nitrogens is 3. The van der Waals surface area contributed by atoms with E-state index in [9.17, 15) is 4.79 Å². The van der Waals surface area contributed by atoms with Crippen LogP contribution in [0.1, 0.15) is 23.5 Å². The van der Waals surface area contributed by atoms with Gasteiger partial charge in [0.15, 0.2) is 11.9 Å². The van der Waals surface area contributed by atoms with Crippen LogP contribution in [0.15, 0.2) is 24.5 Å². The highest BCUT2D eigenvalue weighted by molar-refractivity contribution is 7.17. The van der Waals surface area contributed by atoms with Crippen LogP contribution in [0.25, 0.3) is 21.5 Å². The van der Waals surface area contributed by atoms with E-state index in [4.69, 9.17) is 0 Å². The van der Waals surface area contributed by atoms with E-state index in [2.05, 4.69) is 34.3 Å². The fraction of sp³-hybridized carbons (Fsp3) is 0.214. The maximum atomic E-state index is 10.8. The van der Waals surface area contributed by atoms with Crippen molar-refractivity contribution in [3.63, 3.8) is 0 Å². The zero-order valence-corrected chi connectivity index (χ0v) is 12.0. The van der Waals surface area contributed by atoms with Crippen LogP contribution in [0, 0.1) is 0 Å². The molecule has 0 bridgehead atoms.